The number of halogens is 1. The van der Waals surface area contributed by atoms with Crippen molar-refractivity contribution >= 4 is 28.2 Å². The van der Waals surface area contributed by atoms with Crippen LogP contribution in [-0.4, -0.2) is 37.5 Å². The highest BCUT2D eigenvalue weighted by molar-refractivity contribution is 6.30. The lowest BCUT2D eigenvalue weighted by Gasteiger charge is -2.27. The van der Waals surface area contributed by atoms with E-state index in [-0.39, 0.29) is 17.9 Å². The molecule has 0 saturated heterocycles. The molecule has 1 saturated carbocycles. The predicted molar refractivity (Wildman–Crippen MR) is 101 cm³/mol. The Kier molecular flexibility index (Phi) is 4.61. The number of aliphatic hydroxyl groups excluding tert-OH is 1. The van der Waals surface area contributed by atoms with Crippen LogP contribution in [0.1, 0.15) is 25.7 Å². The molecule has 2 heterocycles. The van der Waals surface area contributed by atoms with Crippen LogP contribution >= 0.6 is 11.6 Å². The minimum absolute atomic E-state index is 0.0565. The second kappa shape index (κ2) is 7.05. The van der Waals surface area contributed by atoms with Crippen LogP contribution in [-0.2, 0) is 0 Å². The van der Waals surface area contributed by atoms with E-state index in [1.807, 2.05) is 6.07 Å². The molecule has 1 fully saturated rings. The zero-order valence-electron chi connectivity index (χ0n) is 14.1. The Bertz CT molecular complexity index is 950. The molecule has 2 unspecified atom stereocenters. The average molecular weight is 371 g/mol. The Morgan fingerprint density at radius 2 is 2.00 bits per heavy atom. The number of aromatic hydroxyl groups is 1. The van der Waals surface area contributed by atoms with Crippen LogP contribution in [0, 0.1) is 0 Å². The molecule has 0 amide bonds. The molecular formula is C19H19ClN4O2. The molecule has 0 radical (unpaired) electrons. The first kappa shape index (κ1) is 17.0. The van der Waals surface area contributed by atoms with Crippen LogP contribution in [0.5, 0.6) is 5.75 Å². The van der Waals surface area contributed by atoms with Gasteiger partial charge in [-0.2, -0.15) is 0 Å². The molecule has 26 heavy (non-hydrogen) atoms. The van der Waals surface area contributed by atoms with Crippen molar-refractivity contribution < 1.29 is 10.2 Å². The summed E-state index contributed by atoms with van der Waals surface area (Å²) in [6, 6.07) is 6.94. The number of phenolic OH excluding ortho intramolecular Hbond substituents is 1. The fraction of sp³-hybridized carbons (Fsp3) is 0.316. The fourth-order valence-corrected chi connectivity index (χ4v) is 3.66. The normalized spacial score (nSPS) is 20.2. The Balaban J connectivity index is 1.76. The number of nitrogens with zero attached hydrogens (tertiary/aromatic N) is 3. The number of anilines is 1. The maximum Gasteiger partial charge on any atom is 0.158 e. The number of fused-ring (bicyclic) bond motifs is 1. The summed E-state index contributed by atoms with van der Waals surface area (Å²) >= 11 is 5.93. The van der Waals surface area contributed by atoms with E-state index in [9.17, 15) is 10.2 Å². The van der Waals surface area contributed by atoms with Gasteiger partial charge in [0.05, 0.1) is 6.10 Å². The van der Waals surface area contributed by atoms with Gasteiger partial charge in [-0.3, -0.25) is 4.98 Å². The van der Waals surface area contributed by atoms with Crippen molar-refractivity contribution in [3.8, 4) is 17.0 Å². The summed E-state index contributed by atoms with van der Waals surface area (Å²) in [6.07, 6.45) is 6.67. The van der Waals surface area contributed by atoms with Gasteiger partial charge >= 0.3 is 0 Å². The smallest absolute Gasteiger partial charge is 0.158 e. The summed E-state index contributed by atoms with van der Waals surface area (Å²) in [5.41, 5.74) is 1.14. The van der Waals surface area contributed by atoms with Crippen molar-refractivity contribution in [2.24, 2.45) is 0 Å². The molecule has 0 bridgehead atoms. The van der Waals surface area contributed by atoms with Gasteiger partial charge in [0.25, 0.3) is 0 Å². The topological polar surface area (TPSA) is 91.2 Å². The lowest BCUT2D eigenvalue weighted by atomic mass is 9.93. The molecule has 0 spiro atoms. The van der Waals surface area contributed by atoms with Gasteiger partial charge in [0.15, 0.2) is 5.82 Å². The predicted octanol–water partition coefficient (Wildman–Crippen LogP) is 3.77. The molecule has 1 aliphatic carbocycles. The number of benzene rings is 1. The lowest BCUT2D eigenvalue weighted by molar-refractivity contribution is 0.124. The molecule has 134 valence electrons. The number of aromatic nitrogens is 3. The van der Waals surface area contributed by atoms with Gasteiger partial charge in [-0.05, 0) is 49.9 Å². The number of aliphatic hydroxyl groups is 1. The number of rotatable bonds is 3. The van der Waals surface area contributed by atoms with Crippen LogP contribution in [0.4, 0.5) is 5.82 Å². The van der Waals surface area contributed by atoms with Gasteiger partial charge in [0.2, 0.25) is 0 Å². The standard InChI is InChI=1S/C19H19ClN4O2/c20-11-4-5-15(17(26)8-11)18-14-6-7-21-10-16(14)19(24-23-18)22-12-2-1-3-13(25)9-12/h4-8,10,12-13,25-26H,1-3,9H2,(H,22,24). The van der Waals surface area contributed by atoms with Gasteiger partial charge in [0, 0.05) is 39.8 Å². The van der Waals surface area contributed by atoms with Gasteiger partial charge in [0.1, 0.15) is 11.4 Å². The second-order valence-corrected chi connectivity index (χ2v) is 7.08. The Labute approximate surface area is 155 Å². The molecular weight excluding hydrogens is 352 g/mol. The van der Waals surface area contributed by atoms with Crippen LogP contribution in [0.15, 0.2) is 36.7 Å². The monoisotopic (exact) mass is 370 g/mol. The summed E-state index contributed by atoms with van der Waals surface area (Å²) in [4.78, 5) is 4.21. The largest absolute Gasteiger partial charge is 0.507 e. The minimum Gasteiger partial charge on any atom is -0.507 e. The van der Waals surface area contributed by atoms with Crippen LogP contribution in [0.3, 0.4) is 0 Å². The van der Waals surface area contributed by atoms with Crippen LogP contribution < -0.4 is 5.32 Å². The lowest BCUT2D eigenvalue weighted by Crippen LogP contribution is -2.30. The van der Waals surface area contributed by atoms with Crippen molar-refractivity contribution in [2.75, 3.05) is 5.32 Å². The first-order valence-corrected chi connectivity index (χ1v) is 9.03. The molecule has 7 heteroatoms. The number of hydrogen-bond acceptors (Lipinski definition) is 6. The summed E-state index contributed by atoms with van der Waals surface area (Å²) in [5.74, 6) is 0.699. The Hall–Kier alpha value is -2.44. The van der Waals surface area contributed by atoms with Crippen molar-refractivity contribution in [2.45, 2.75) is 37.8 Å². The number of nitrogens with one attached hydrogen (secondary N) is 1. The van der Waals surface area contributed by atoms with Gasteiger partial charge in [-0.25, -0.2) is 0 Å². The van der Waals surface area contributed by atoms with E-state index < -0.39 is 0 Å². The van der Waals surface area contributed by atoms with Crippen LogP contribution in [0.2, 0.25) is 5.02 Å². The average Bonchev–Trinajstić information content (AvgIpc) is 2.63. The SMILES string of the molecule is Oc1cc(Cl)ccc1-c1nnc(NC2CCCC(O)C2)c2cnccc12. The van der Waals surface area contributed by atoms with E-state index in [2.05, 4.69) is 20.5 Å². The minimum atomic E-state index is -0.274. The first-order chi connectivity index (χ1) is 12.6. The molecule has 2 atom stereocenters. The Morgan fingerprint density at radius 1 is 1.12 bits per heavy atom. The van der Waals surface area contributed by atoms with E-state index in [1.54, 1.807) is 24.5 Å². The van der Waals surface area contributed by atoms with E-state index in [0.29, 0.717) is 28.5 Å². The summed E-state index contributed by atoms with van der Waals surface area (Å²) in [7, 11) is 0. The number of hydrogen-bond donors (Lipinski definition) is 3. The highest BCUT2D eigenvalue weighted by Gasteiger charge is 2.22. The highest BCUT2D eigenvalue weighted by atomic mass is 35.5. The molecule has 6 nitrogen and oxygen atoms in total. The third-order valence-corrected chi connectivity index (χ3v) is 5.02. The molecule has 0 aliphatic heterocycles. The van der Waals surface area contributed by atoms with E-state index >= 15 is 0 Å². The zero-order valence-corrected chi connectivity index (χ0v) is 14.8. The van der Waals surface area contributed by atoms with Gasteiger partial charge < -0.3 is 15.5 Å². The number of pyridine rings is 1. The fourth-order valence-electron chi connectivity index (χ4n) is 3.50. The first-order valence-electron chi connectivity index (χ1n) is 8.65. The molecule has 4 rings (SSSR count). The summed E-state index contributed by atoms with van der Waals surface area (Å²) in [5, 5.41) is 34.3. The molecule has 3 aromatic rings. The highest BCUT2D eigenvalue weighted by Crippen LogP contribution is 2.36. The van der Waals surface area contributed by atoms with Gasteiger partial charge in [-0.15, -0.1) is 10.2 Å². The summed E-state index contributed by atoms with van der Waals surface area (Å²) < 4.78 is 0. The second-order valence-electron chi connectivity index (χ2n) is 6.64. The van der Waals surface area contributed by atoms with Crippen LogP contribution in [0.25, 0.3) is 22.0 Å². The van der Waals surface area contributed by atoms with E-state index in [0.717, 1.165) is 30.0 Å². The van der Waals surface area contributed by atoms with E-state index in [1.165, 1.54) is 6.07 Å². The maximum absolute atomic E-state index is 10.3. The van der Waals surface area contributed by atoms with Crippen molar-refractivity contribution in [1.29, 1.82) is 0 Å². The maximum atomic E-state index is 10.3. The van der Waals surface area contributed by atoms with Gasteiger partial charge in [-0.1, -0.05) is 11.6 Å². The van der Waals surface area contributed by atoms with E-state index in [4.69, 9.17) is 11.6 Å². The van der Waals surface area contributed by atoms with Crippen molar-refractivity contribution in [1.82, 2.24) is 15.2 Å². The third kappa shape index (κ3) is 3.30. The quantitative estimate of drug-likeness (QED) is 0.650. The summed E-state index contributed by atoms with van der Waals surface area (Å²) in [6.45, 7) is 0. The molecule has 2 aromatic heterocycles. The number of phenols is 1. The molecule has 3 N–H and O–H groups in total. The molecule has 1 aliphatic rings. The Morgan fingerprint density at radius 3 is 2.81 bits per heavy atom. The zero-order chi connectivity index (χ0) is 18.1. The van der Waals surface area contributed by atoms with Crippen molar-refractivity contribution in [3.05, 3.63) is 41.7 Å². The third-order valence-electron chi connectivity index (χ3n) is 4.78. The molecule has 1 aromatic carbocycles. The van der Waals surface area contributed by atoms with Crippen molar-refractivity contribution in [3.63, 3.8) is 0 Å².